The fourth-order valence-electron chi connectivity index (χ4n) is 4.57. The number of aliphatic hydroxyl groups is 2. The molecule has 0 bridgehead atoms. The lowest BCUT2D eigenvalue weighted by Crippen LogP contribution is -2.50. The first-order valence-corrected chi connectivity index (χ1v) is 10.5. The maximum absolute atomic E-state index is 15.3. The fourth-order valence-corrected chi connectivity index (χ4v) is 4.57. The van der Waals surface area contributed by atoms with Crippen LogP contribution >= 0.6 is 0 Å². The Bertz CT molecular complexity index is 1160. The first-order chi connectivity index (χ1) is 15.5. The number of hydrogen-bond donors (Lipinski definition) is 3. The van der Waals surface area contributed by atoms with Gasteiger partial charge in [0.05, 0.1) is 30.4 Å². The summed E-state index contributed by atoms with van der Waals surface area (Å²) in [7, 11) is 0. The Kier molecular flexibility index (Phi) is 4.58. The summed E-state index contributed by atoms with van der Waals surface area (Å²) in [5.74, 6) is -1.50. The number of fused-ring (bicyclic) bond motifs is 2. The minimum atomic E-state index is -0.786. The van der Waals surface area contributed by atoms with Gasteiger partial charge in [-0.15, -0.1) is 0 Å². The Balaban J connectivity index is 1.28. The number of hydrogen-bond acceptors (Lipinski definition) is 7. The van der Waals surface area contributed by atoms with Crippen molar-refractivity contribution >= 4 is 16.7 Å². The molecule has 8 nitrogen and oxygen atoms in total. The molecule has 32 heavy (non-hydrogen) atoms. The van der Waals surface area contributed by atoms with Crippen molar-refractivity contribution in [1.29, 1.82) is 0 Å². The molecule has 1 aromatic heterocycles. The van der Waals surface area contributed by atoms with Gasteiger partial charge in [-0.05, 0) is 17.7 Å². The Hall–Kier alpha value is -2.79. The molecule has 6 rings (SSSR count). The molecule has 3 aliphatic rings. The molecule has 0 radical (unpaired) electrons. The predicted octanol–water partition coefficient (Wildman–Crippen LogP) is 1.59. The second-order valence-corrected chi connectivity index (χ2v) is 8.41. The van der Waals surface area contributed by atoms with Crippen molar-refractivity contribution in [3.63, 3.8) is 0 Å². The van der Waals surface area contributed by atoms with Gasteiger partial charge in [0.2, 0.25) is 0 Å². The number of aliphatic hydroxyl groups excluding tert-OH is 2. The lowest BCUT2D eigenvalue weighted by molar-refractivity contribution is 0.00706. The van der Waals surface area contributed by atoms with E-state index in [-0.39, 0.29) is 41.9 Å². The van der Waals surface area contributed by atoms with E-state index < -0.39 is 36.1 Å². The molecule has 168 valence electrons. The highest BCUT2D eigenvalue weighted by atomic mass is 19.1. The molecule has 3 N–H and O–H groups in total. The molecule has 2 aromatic carbocycles. The summed E-state index contributed by atoms with van der Waals surface area (Å²) in [6.07, 6.45) is -2.47. The van der Waals surface area contributed by atoms with E-state index >= 15 is 4.39 Å². The van der Waals surface area contributed by atoms with Gasteiger partial charge in [-0.25, -0.2) is 8.78 Å². The van der Waals surface area contributed by atoms with Crippen LogP contribution in [0.15, 0.2) is 30.3 Å². The summed E-state index contributed by atoms with van der Waals surface area (Å²) in [4.78, 5) is 8.96. The van der Waals surface area contributed by atoms with Gasteiger partial charge in [-0.1, -0.05) is 12.1 Å². The maximum Gasteiger partial charge on any atom is 0.295 e. The summed E-state index contributed by atoms with van der Waals surface area (Å²) < 4.78 is 47.0. The van der Waals surface area contributed by atoms with Gasteiger partial charge < -0.3 is 34.3 Å². The predicted molar refractivity (Wildman–Crippen MR) is 110 cm³/mol. The van der Waals surface area contributed by atoms with E-state index in [2.05, 4.69) is 9.97 Å². The van der Waals surface area contributed by atoms with E-state index in [1.807, 2.05) is 4.90 Å². The number of β-amino-alcohol motifs (C(OH)–C–C–N with tert-alkyl or cyclic N) is 1. The smallest absolute Gasteiger partial charge is 0.295 e. The molecule has 3 aliphatic heterocycles. The molecule has 3 fully saturated rings. The van der Waals surface area contributed by atoms with Gasteiger partial charge in [0.25, 0.3) is 6.01 Å². The first-order valence-electron chi connectivity index (χ1n) is 10.5. The van der Waals surface area contributed by atoms with Gasteiger partial charge in [0.15, 0.2) is 11.9 Å². The average Bonchev–Trinajstić information content (AvgIpc) is 3.44. The number of aromatic nitrogens is 2. The molecule has 3 aromatic rings. The lowest BCUT2D eigenvalue weighted by Gasteiger charge is -2.37. The number of nitrogens with zero attached hydrogens (tertiary/aromatic N) is 2. The second-order valence-electron chi connectivity index (χ2n) is 8.41. The van der Waals surface area contributed by atoms with Crippen LogP contribution in [0, 0.1) is 11.6 Å². The van der Waals surface area contributed by atoms with Gasteiger partial charge in [0.1, 0.15) is 29.6 Å². The average molecular weight is 445 g/mol. The zero-order chi connectivity index (χ0) is 22.0. The Morgan fingerprint density at radius 3 is 2.56 bits per heavy atom. The third-order valence-electron chi connectivity index (χ3n) is 6.28. The first kappa shape index (κ1) is 19.9. The highest BCUT2D eigenvalue weighted by Crippen LogP contribution is 2.35. The van der Waals surface area contributed by atoms with Crippen molar-refractivity contribution in [3.05, 3.63) is 42.0 Å². The third-order valence-corrected chi connectivity index (χ3v) is 6.28. The van der Waals surface area contributed by atoms with E-state index in [1.165, 1.54) is 6.07 Å². The number of rotatable bonds is 4. The number of imidazole rings is 1. The third kappa shape index (κ3) is 3.14. The Morgan fingerprint density at radius 1 is 1.06 bits per heavy atom. The van der Waals surface area contributed by atoms with E-state index in [0.29, 0.717) is 18.7 Å². The zero-order valence-corrected chi connectivity index (χ0v) is 16.9. The van der Waals surface area contributed by atoms with E-state index in [0.717, 1.165) is 5.69 Å². The van der Waals surface area contributed by atoms with Crippen LogP contribution in [0.3, 0.4) is 0 Å². The normalized spacial score (nSPS) is 27.7. The lowest BCUT2D eigenvalue weighted by atomic mass is 10.0. The van der Waals surface area contributed by atoms with Crippen LogP contribution < -0.4 is 9.64 Å². The second kappa shape index (κ2) is 7.38. The quantitative estimate of drug-likeness (QED) is 0.561. The summed E-state index contributed by atoms with van der Waals surface area (Å²) in [5, 5.41) is 19.3. The highest BCUT2D eigenvalue weighted by molar-refractivity contribution is 5.84. The molecular formula is C22H21F2N3O5. The Morgan fingerprint density at radius 2 is 1.81 bits per heavy atom. The van der Waals surface area contributed by atoms with Crippen LogP contribution in [0.1, 0.15) is 0 Å². The molecule has 0 amide bonds. The van der Waals surface area contributed by atoms with Crippen molar-refractivity contribution in [2.24, 2.45) is 0 Å². The molecule has 10 heteroatoms. The van der Waals surface area contributed by atoms with Crippen molar-refractivity contribution in [2.75, 3.05) is 31.2 Å². The topological polar surface area (TPSA) is 100 Å². The van der Waals surface area contributed by atoms with Gasteiger partial charge in [0, 0.05) is 24.8 Å². The van der Waals surface area contributed by atoms with Crippen LogP contribution in [0.4, 0.5) is 14.5 Å². The minimum absolute atomic E-state index is 0.0291. The largest absolute Gasteiger partial charge is 0.456 e. The molecule has 4 atom stereocenters. The molecule has 0 spiro atoms. The highest BCUT2D eigenvalue weighted by Gasteiger charge is 2.48. The number of H-pyrrole nitrogens is 1. The van der Waals surface area contributed by atoms with E-state index in [4.69, 9.17) is 14.2 Å². The molecular weight excluding hydrogens is 424 g/mol. The monoisotopic (exact) mass is 445 g/mol. The van der Waals surface area contributed by atoms with Crippen molar-refractivity contribution in [3.8, 4) is 17.1 Å². The van der Waals surface area contributed by atoms with Crippen LogP contribution in [0.2, 0.25) is 0 Å². The Labute approximate surface area is 181 Å². The van der Waals surface area contributed by atoms with E-state index in [1.54, 1.807) is 24.3 Å². The molecule has 0 saturated carbocycles. The van der Waals surface area contributed by atoms with Crippen LogP contribution in [0.5, 0.6) is 6.01 Å². The number of benzene rings is 2. The summed E-state index contributed by atoms with van der Waals surface area (Å²) >= 11 is 0. The molecule has 3 saturated heterocycles. The van der Waals surface area contributed by atoms with Gasteiger partial charge in [-0.2, -0.15) is 4.98 Å². The molecule has 4 unspecified atom stereocenters. The van der Waals surface area contributed by atoms with Crippen LogP contribution in [0.25, 0.3) is 22.2 Å². The van der Waals surface area contributed by atoms with Crippen LogP contribution in [-0.4, -0.2) is 77.0 Å². The van der Waals surface area contributed by atoms with Crippen molar-refractivity contribution in [2.45, 2.75) is 30.5 Å². The van der Waals surface area contributed by atoms with Crippen LogP contribution in [-0.2, 0) is 9.47 Å². The minimum Gasteiger partial charge on any atom is -0.456 e. The van der Waals surface area contributed by atoms with Gasteiger partial charge >= 0.3 is 0 Å². The fraction of sp³-hybridized carbons (Fsp3) is 0.409. The number of anilines is 1. The number of ether oxygens (including phenoxy) is 3. The number of halogens is 2. The number of nitrogens with one attached hydrogen (secondary N) is 1. The number of aromatic amines is 1. The maximum atomic E-state index is 15.3. The van der Waals surface area contributed by atoms with E-state index in [9.17, 15) is 14.6 Å². The van der Waals surface area contributed by atoms with Crippen molar-refractivity contribution < 1.29 is 33.2 Å². The summed E-state index contributed by atoms with van der Waals surface area (Å²) in [6, 6.07) is 8.07. The standard InChI is InChI=1S/C22H21F2N3O5/c23-13-5-14-19(26-22(25-14)32-16-9-31-20-15(29)8-30-21(16)20)18(24)17(13)10-1-3-11(4-2-10)27-6-12(28)7-27/h1-5,12,15-16,20-21,28-29H,6-9H2,(H,25,26). The molecule has 0 aliphatic carbocycles. The van der Waals surface area contributed by atoms with Gasteiger partial charge in [-0.3, -0.25) is 0 Å². The van der Waals surface area contributed by atoms with Crippen molar-refractivity contribution in [1.82, 2.24) is 9.97 Å². The zero-order valence-electron chi connectivity index (χ0n) is 16.9. The SMILES string of the molecule is OC1CN(c2ccc(-c3c(F)cc4[nH]c(OC5COC6C(O)COC56)nc4c3F)cc2)C1. The molecule has 4 heterocycles. The summed E-state index contributed by atoms with van der Waals surface area (Å²) in [6.45, 7) is 1.45. The summed E-state index contributed by atoms with van der Waals surface area (Å²) in [5.41, 5.74) is 1.24.